The molecule has 0 aromatic heterocycles. The van der Waals surface area contributed by atoms with Gasteiger partial charge in [0.1, 0.15) is 5.66 Å². The summed E-state index contributed by atoms with van der Waals surface area (Å²) in [7, 11) is 0. The number of aliphatic imine (C=N–C) groups is 1. The second-order valence-electron chi connectivity index (χ2n) is 7.27. The highest BCUT2D eigenvalue weighted by molar-refractivity contribution is 5.88. The lowest BCUT2D eigenvalue weighted by molar-refractivity contribution is 0.334. The minimum Gasteiger partial charge on any atom is -0.286 e. The zero-order valence-electron chi connectivity index (χ0n) is 15.9. The van der Waals surface area contributed by atoms with E-state index in [1.807, 2.05) is 44.2 Å². The monoisotopic (exact) mass is 370 g/mol. The highest BCUT2D eigenvalue weighted by Gasteiger charge is 2.30. The summed E-state index contributed by atoms with van der Waals surface area (Å²) in [6.45, 7) is 4.07. The Balaban J connectivity index is 1.57. The van der Waals surface area contributed by atoms with Gasteiger partial charge in [-0.2, -0.15) is 0 Å². The Hall–Kier alpha value is -3.25. The zero-order chi connectivity index (χ0) is 19.4. The average Bonchev–Trinajstić information content (AvgIpc) is 2.70. The Morgan fingerprint density at radius 2 is 1.57 bits per heavy atom. The number of nitrogens with zero attached hydrogens (tertiary/aromatic N) is 5. The Morgan fingerprint density at radius 3 is 2.43 bits per heavy atom. The summed E-state index contributed by atoms with van der Waals surface area (Å²) in [5.74, 6) is 0.661. The van der Waals surface area contributed by atoms with Crippen LogP contribution in [0.5, 0.6) is 0 Å². The molecule has 4 rings (SSSR count). The number of hydrogen-bond acceptors (Lipinski definition) is 4. The summed E-state index contributed by atoms with van der Waals surface area (Å²) >= 11 is 0. The topological polar surface area (TPSA) is 73.8 Å². The average molecular weight is 370 g/mol. The fourth-order valence-corrected chi connectivity index (χ4v) is 3.50. The Morgan fingerprint density at radius 1 is 0.857 bits per heavy atom. The molecule has 0 spiro atoms. The number of benzene rings is 3. The van der Waals surface area contributed by atoms with Crippen LogP contribution in [0, 0.1) is 0 Å². The van der Waals surface area contributed by atoms with E-state index in [-0.39, 0.29) is 6.04 Å². The third-order valence-corrected chi connectivity index (χ3v) is 4.64. The van der Waals surface area contributed by atoms with Crippen molar-refractivity contribution in [3.05, 3.63) is 78.4 Å². The fourth-order valence-electron chi connectivity index (χ4n) is 3.50. The van der Waals surface area contributed by atoms with Crippen molar-refractivity contribution >= 4 is 22.3 Å². The molecule has 140 valence electrons. The first-order valence-electron chi connectivity index (χ1n) is 9.32. The molecule has 0 saturated carbocycles. The van der Waals surface area contributed by atoms with Crippen molar-refractivity contribution in [2.24, 2.45) is 25.7 Å². The third kappa shape index (κ3) is 4.18. The van der Waals surface area contributed by atoms with Crippen LogP contribution in [-0.2, 0) is 0 Å². The van der Waals surface area contributed by atoms with Gasteiger partial charge in [0.2, 0.25) is 0 Å². The third-order valence-electron chi connectivity index (χ3n) is 4.64. The first kappa shape index (κ1) is 18.1. The van der Waals surface area contributed by atoms with Crippen LogP contribution in [0.3, 0.4) is 0 Å². The molecule has 1 unspecified atom stereocenters. The van der Waals surface area contributed by atoms with Crippen molar-refractivity contribution in [3.8, 4) is 0 Å². The van der Waals surface area contributed by atoms with Crippen LogP contribution in [-0.4, -0.2) is 11.5 Å². The summed E-state index contributed by atoms with van der Waals surface area (Å²) in [5.41, 5.74) is 1.53. The van der Waals surface area contributed by atoms with Crippen LogP contribution in [0.1, 0.15) is 31.9 Å². The van der Waals surface area contributed by atoms with E-state index in [1.165, 1.54) is 16.3 Å². The predicted octanol–water partition coefficient (Wildman–Crippen LogP) is 6.16. The van der Waals surface area contributed by atoms with Gasteiger partial charge in [0, 0.05) is 12.5 Å². The van der Waals surface area contributed by atoms with Gasteiger partial charge in [0.25, 0.3) is 0 Å². The number of hydrogen-bond donors (Lipinski definition) is 1. The van der Waals surface area contributed by atoms with E-state index in [1.54, 1.807) is 0 Å². The van der Waals surface area contributed by atoms with E-state index >= 15 is 0 Å². The van der Waals surface area contributed by atoms with Gasteiger partial charge in [-0.15, -0.1) is 10.2 Å². The molecule has 1 aliphatic heterocycles. The molecule has 0 amide bonds. The Bertz CT molecular complexity index is 1050. The lowest BCUT2D eigenvalue weighted by Gasteiger charge is -2.34. The number of nitrogens with one attached hydrogen (secondary N) is 1. The van der Waals surface area contributed by atoms with Crippen LogP contribution >= 0.6 is 0 Å². The molecule has 6 nitrogen and oxygen atoms in total. The lowest BCUT2D eigenvalue weighted by Crippen LogP contribution is -2.45. The molecule has 3 aromatic rings. The molecule has 1 atom stereocenters. The van der Waals surface area contributed by atoms with Crippen molar-refractivity contribution in [2.75, 3.05) is 0 Å². The standard InChI is InChI=1S/C22H22N6/c1-22(2)23-20(19-14-8-10-16-9-6-7-13-18(16)19)15-21(24-22)26-28-27-25-17-11-4-3-5-12-17/h3-14,20,23H,15H2,1-2H3. The molecular formula is C22H22N6. The summed E-state index contributed by atoms with van der Waals surface area (Å²) in [6.07, 6.45) is 0.641. The zero-order valence-corrected chi connectivity index (χ0v) is 15.9. The Labute approximate surface area is 164 Å². The second kappa shape index (κ2) is 7.78. The van der Waals surface area contributed by atoms with Gasteiger partial charge < -0.3 is 0 Å². The molecule has 0 saturated heterocycles. The molecule has 0 bridgehead atoms. The predicted molar refractivity (Wildman–Crippen MR) is 112 cm³/mol. The largest absolute Gasteiger partial charge is 0.286 e. The van der Waals surface area contributed by atoms with Gasteiger partial charge >= 0.3 is 0 Å². The summed E-state index contributed by atoms with van der Waals surface area (Å²) in [5, 5.41) is 22.0. The molecule has 0 fully saturated rings. The summed E-state index contributed by atoms with van der Waals surface area (Å²) in [6, 6.07) is 24.3. The van der Waals surface area contributed by atoms with Crippen LogP contribution < -0.4 is 5.32 Å². The highest BCUT2D eigenvalue weighted by atomic mass is 15.5. The van der Waals surface area contributed by atoms with E-state index in [4.69, 9.17) is 0 Å². The van der Waals surface area contributed by atoms with Crippen molar-refractivity contribution in [2.45, 2.75) is 32.0 Å². The Kier molecular flexibility index (Phi) is 5.04. The highest BCUT2D eigenvalue weighted by Crippen LogP contribution is 2.31. The van der Waals surface area contributed by atoms with Crippen LogP contribution in [0.25, 0.3) is 10.8 Å². The van der Waals surface area contributed by atoms with Gasteiger partial charge in [-0.25, -0.2) is 4.99 Å². The van der Waals surface area contributed by atoms with E-state index in [0.717, 1.165) is 5.69 Å². The molecule has 1 heterocycles. The minimum absolute atomic E-state index is 0.0959. The molecule has 1 aliphatic rings. The molecule has 6 heteroatoms. The lowest BCUT2D eigenvalue weighted by atomic mass is 9.94. The SMILES string of the molecule is CC1(C)N=C(N=NN=Nc2ccccc2)CC(c2cccc3ccccc23)N1. The minimum atomic E-state index is -0.440. The van der Waals surface area contributed by atoms with Crippen LogP contribution in [0.15, 0.2) is 98.5 Å². The molecular weight excluding hydrogens is 348 g/mol. The maximum atomic E-state index is 4.66. The maximum absolute atomic E-state index is 4.66. The maximum Gasteiger partial charge on any atom is 0.151 e. The smallest absolute Gasteiger partial charge is 0.151 e. The van der Waals surface area contributed by atoms with Gasteiger partial charge in [-0.05, 0) is 52.8 Å². The summed E-state index contributed by atoms with van der Waals surface area (Å²) in [4.78, 5) is 4.66. The molecule has 3 aromatic carbocycles. The molecule has 1 N–H and O–H groups in total. The van der Waals surface area contributed by atoms with E-state index in [9.17, 15) is 0 Å². The fraction of sp³-hybridized carbons (Fsp3) is 0.227. The summed E-state index contributed by atoms with van der Waals surface area (Å²) < 4.78 is 0. The second-order valence-corrected chi connectivity index (χ2v) is 7.27. The van der Waals surface area contributed by atoms with E-state index in [2.05, 4.69) is 73.4 Å². The van der Waals surface area contributed by atoms with E-state index in [0.29, 0.717) is 12.3 Å². The first-order chi connectivity index (χ1) is 13.6. The number of amidine groups is 1. The van der Waals surface area contributed by atoms with Crippen molar-refractivity contribution in [1.29, 1.82) is 0 Å². The molecule has 28 heavy (non-hydrogen) atoms. The van der Waals surface area contributed by atoms with Crippen molar-refractivity contribution in [1.82, 2.24) is 5.32 Å². The quantitative estimate of drug-likeness (QED) is 0.435. The van der Waals surface area contributed by atoms with Gasteiger partial charge in [0.15, 0.2) is 5.84 Å². The van der Waals surface area contributed by atoms with Crippen LogP contribution in [0.2, 0.25) is 0 Å². The van der Waals surface area contributed by atoms with Gasteiger partial charge in [-0.1, -0.05) is 60.7 Å². The molecule has 0 aliphatic carbocycles. The number of rotatable bonds is 3. The number of fused-ring (bicyclic) bond motifs is 1. The van der Waals surface area contributed by atoms with Gasteiger partial charge in [-0.3, -0.25) is 5.32 Å². The van der Waals surface area contributed by atoms with Crippen molar-refractivity contribution in [3.63, 3.8) is 0 Å². The first-order valence-corrected chi connectivity index (χ1v) is 9.32. The normalized spacial score (nSPS) is 19.4. The van der Waals surface area contributed by atoms with Gasteiger partial charge in [0.05, 0.1) is 5.69 Å². The van der Waals surface area contributed by atoms with Crippen molar-refractivity contribution < 1.29 is 0 Å². The van der Waals surface area contributed by atoms with Crippen LogP contribution in [0.4, 0.5) is 5.69 Å². The molecule has 0 radical (unpaired) electrons. The van der Waals surface area contributed by atoms with E-state index < -0.39 is 5.66 Å².